The molecule has 0 aromatic heterocycles. The zero-order valence-corrected chi connectivity index (χ0v) is 14.6. The average Bonchev–Trinajstić information content (AvgIpc) is 2.44. The van der Waals surface area contributed by atoms with Crippen LogP contribution < -0.4 is 0 Å². The van der Waals surface area contributed by atoms with Gasteiger partial charge in [0.2, 0.25) is 0 Å². The zero-order valence-electron chi connectivity index (χ0n) is 14.6. The highest BCUT2D eigenvalue weighted by atomic mass is 16.7. The van der Waals surface area contributed by atoms with Gasteiger partial charge in [0.15, 0.2) is 5.78 Å². The zero-order chi connectivity index (χ0) is 17.5. The van der Waals surface area contributed by atoms with Crippen LogP contribution in [0.25, 0.3) is 0 Å². The third kappa shape index (κ3) is 7.63. The van der Waals surface area contributed by atoms with Crippen LogP contribution in [0.3, 0.4) is 0 Å². The molecule has 23 heavy (non-hydrogen) atoms. The van der Waals surface area contributed by atoms with Gasteiger partial charge in [0, 0.05) is 11.6 Å². The van der Waals surface area contributed by atoms with E-state index in [-0.39, 0.29) is 23.6 Å². The third-order valence-electron chi connectivity index (χ3n) is 3.18. The minimum atomic E-state index is -0.781. The molecule has 0 unspecified atom stereocenters. The van der Waals surface area contributed by atoms with Gasteiger partial charge in [-0.1, -0.05) is 58.0 Å². The Morgan fingerprint density at radius 3 is 2.35 bits per heavy atom. The Morgan fingerprint density at radius 2 is 1.78 bits per heavy atom. The molecule has 4 nitrogen and oxygen atoms in total. The lowest BCUT2D eigenvalue weighted by molar-refractivity contribution is 0.0405. The van der Waals surface area contributed by atoms with Gasteiger partial charge in [-0.3, -0.25) is 4.79 Å². The van der Waals surface area contributed by atoms with Gasteiger partial charge in [0.05, 0.1) is 0 Å². The van der Waals surface area contributed by atoms with Crippen LogP contribution in [0.1, 0.15) is 51.4 Å². The molecule has 0 spiro atoms. The quantitative estimate of drug-likeness (QED) is 0.307. The third-order valence-corrected chi connectivity index (χ3v) is 3.18. The minimum absolute atomic E-state index is 0.106. The van der Waals surface area contributed by atoms with E-state index in [1.54, 1.807) is 31.2 Å². The highest BCUT2D eigenvalue weighted by Gasteiger charge is 2.22. The Morgan fingerprint density at radius 1 is 1.17 bits per heavy atom. The van der Waals surface area contributed by atoms with E-state index in [0.29, 0.717) is 11.5 Å². The van der Waals surface area contributed by atoms with Crippen LogP contribution in [0, 0.1) is 11.3 Å². The molecule has 1 aromatic rings. The molecule has 0 amide bonds. The number of hydrogen-bond acceptors (Lipinski definition) is 4. The number of hydrogen-bond donors (Lipinski definition) is 0. The number of carbonyl (C=O) groups excluding carboxylic acids is 2. The summed E-state index contributed by atoms with van der Waals surface area (Å²) in [5.74, 6) is 0.524. The van der Waals surface area contributed by atoms with Crippen LogP contribution in [-0.4, -0.2) is 18.5 Å². The fourth-order valence-corrected chi connectivity index (χ4v) is 2.48. The fraction of sp³-hybridized carbons (Fsp3) is 0.474. The van der Waals surface area contributed by atoms with Crippen molar-refractivity contribution in [3.8, 4) is 0 Å². The largest absolute Gasteiger partial charge is 0.513 e. The van der Waals surface area contributed by atoms with E-state index in [0.717, 1.165) is 6.42 Å². The maximum atomic E-state index is 12.0. The predicted octanol–water partition coefficient (Wildman–Crippen LogP) is 5.00. The molecule has 0 bridgehead atoms. The summed E-state index contributed by atoms with van der Waals surface area (Å²) < 4.78 is 10.2. The normalized spacial score (nSPS) is 12.2. The van der Waals surface area contributed by atoms with E-state index in [2.05, 4.69) is 13.8 Å². The van der Waals surface area contributed by atoms with Crippen molar-refractivity contribution in [3.63, 3.8) is 0 Å². The van der Waals surface area contributed by atoms with Crippen molar-refractivity contribution in [2.24, 2.45) is 11.3 Å². The lowest BCUT2D eigenvalue weighted by Gasteiger charge is -2.25. The number of benzene rings is 1. The predicted molar refractivity (Wildman–Crippen MR) is 90.2 cm³/mol. The molecule has 0 aliphatic carbocycles. The molecule has 0 saturated heterocycles. The highest BCUT2D eigenvalue weighted by molar-refractivity contribution is 6.04. The second-order valence-electron chi connectivity index (χ2n) is 6.89. The van der Waals surface area contributed by atoms with Crippen molar-refractivity contribution < 1.29 is 19.1 Å². The molecular weight excluding hydrogens is 292 g/mol. The second-order valence-corrected chi connectivity index (χ2v) is 6.89. The van der Waals surface area contributed by atoms with Gasteiger partial charge in [0.25, 0.3) is 0 Å². The lowest BCUT2D eigenvalue weighted by Crippen LogP contribution is -2.24. The standard InChI is InChI=1S/C19H26O4/c1-14(2)12-19(4,5)13-22-18(21)23-15(3)11-17(20)16-9-7-6-8-10-16/h6-11,14H,12-13H2,1-5H3. The van der Waals surface area contributed by atoms with Crippen molar-refractivity contribution in [2.75, 3.05) is 6.61 Å². The van der Waals surface area contributed by atoms with Crippen molar-refractivity contribution in [3.05, 3.63) is 47.7 Å². The van der Waals surface area contributed by atoms with Crippen molar-refractivity contribution in [2.45, 2.75) is 41.0 Å². The summed E-state index contributed by atoms with van der Waals surface area (Å²) >= 11 is 0. The number of allylic oxidation sites excluding steroid dienone is 2. The maximum Gasteiger partial charge on any atom is 0.513 e. The Labute approximate surface area is 138 Å². The highest BCUT2D eigenvalue weighted by Crippen LogP contribution is 2.25. The molecule has 4 heteroatoms. The topological polar surface area (TPSA) is 52.6 Å². The van der Waals surface area contributed by atoms with Crippen molar-refractivity contribution in [1.82, 2.24) is 0 Å². The van der Waals surface area contributed by atoms with Gasteiger partial charge in [0.1, 0.15) is 12.4 Å². The number of carbonyl (C=O) groups is 2. The SMILES string of the molecule is CC(=CC(=O)c1ccccc1)OC(=O)OCC(C)(C)CC(C)C. The van der Waals surface area contributed by atoms with Gasteiger partial charge >= 0.3 is 6.16 Å². The van der Waals surface area contributed by atoms with Gasteiger partial charge in [-0.15, -0.1) is 0 Å². The molecule has 0 saturated carbocycles. The number of rotatable bonds is 7. The van der Waals surface area contributed by atoms with E-state index >= 15 is 0 Å². The van der Waals surface area contributed by atoms with E-state index in [9.17, 15) is 9.59 Å². The molecule has 0 atom stereocenters. The smallest absolute Gasteiger partial charge is 0.433 e. The Kier molecular flexibility index (Phi) is 7.01. The van der Waals surface area contributed by atoms with Gasteiger partial charge in [-0.2, -0.15) is 0 Å². The number of ether oxygens (including phenoxy) is 2. The second kappa shape index (κ2) is 8.51. The van der Waals surface area contributed by atoms with Crippen LogP contribution in [-0.2, 0) is 9.47 Å². The molecular formula is C19H26O4. The summed E-state index contributed by atoms with van der Waals surface area (Å²) in [7, 11) is 0. The Balaban J connectivity index is 2.50. The van der Waals surface area contributed by atoms with E-state index in [1.807, 2.05) is 19.9 Å². The van der Waals surface area contributed by atoms with Crippen molar-refractivity contribution in [1.29, 1.82) is 0 Å². The van der Waals surface area contributed by atoms with Gasteiger partial charge in [-0.25, -0.2) is 4.79 Å². The summed E-state index contributed by atoms with van der Waals surface area (Å²) in [4.78, 5) is 23.7. The first-order valence-corrected chi connectivity index (χ1v) is 7.82. The first-order valence-electron chi connectivity index (χ1n) is 7.82. The Bertz CT molecular complexity index is 556. The van der Waals surface area contributed by atoms with E-state index in [1.165, 1.54) is 6.08 Å². The van der Waals surface area contributed by atoms with Crippen LogP contribution in [0.5, 0.6) is 0 Å². The van der Waals surface area contributed by atoms with Gasteiger partial charge < -0.3 is 9.47 Å². The lowest BCUT2D eigenvalue weighted by atomic mass is 9.85. The first kappa shape index (κ1) is 18.9. The molecule has 0 radical (unpaired) electrons. The monoisotopic (exact) mass is 318 g/mol. The van der Waals surface area contributed by atoms with Crippen LogP contribution >= 0.6 is 0 Å². The first-order chi connectivity index (χ1) is 10.7. The molecule has 0 N–H and O–H groups in total. The maximum absolute atomic E-state index is 12.0. The fourth-order valence-electron chi connectivity index (χ4n) is 2.48. The summed E-state index contributed by atoms with van der Waals surface area (Å²) in [6, 6.07) is 8.81. The van der Waals surface area contributed by atoms with Crippen LogP contribution in [0.4, 0.5) is 4.79 Å². The van der Waals surface area contributed by atoms with Crippen LogP contribution in [0.2, 0.25) is 0 Å². The molecule has 0 fully saturated rings. The summed E-state index contributed by atoms with van der Waals surface area (Å²) in [5, 5.41) is 0. The molecule has 126 valence electrons. The summed E-state index contributed by atoms with van der Waals surface area (Å²) in [6.45, 7) is 10.2. The summed E-state index contributed by atoms with van der Waals surface area (Å²) in [5.41, 5.74) is 0.437. The minimum Gasteiger partial charge on any atom is -0.433 e. The molecule has 0 heterocycles. The van der Waals surface area contributed by atoms with Gasteiger partial charge in [-0.05, 0) is 24.7 Å². The van der Waals surface area contributed by atoms with E-state index < -0.39 is 6.16 Å². The molecule has 0 aliphatic heterocycles. The summed E-state index contributed by atoms with van der Waals surface area (Å²) in [6.07, 6.45) is 1.45. The average molecular weight is 318 g/mol. The number of ketones is 1. The molecule has 1 rings (SSSR count). The van der Waals surface area contributed by atoms with Crippen molar-refractivity contribution >= 4 is 11.9 Å². The Hall–Kier alpha value is -2.10. The van der Waals surface area contributed by atoms with Crippen LogP contribution in [0.15, 0.2) is 42.2 Å². The van der Waals surface area contributed by atoms with E-state index in [4.69, 9.17) is 9.47 Å². The molecule has 0 aliphatic rings. The molecule has 1 aromatic carbocycles.